The van der Waals surface area contributed by atoms with Gasteiger partial charge in [-0.1, -0.05) is 30.3 Å². The highest BCUT2D eigenvalue weighted by molar-refractivity contribution is 5.78. The number of anilines is 3. The lowest BCUT2D eigenvalue weighted by Gasteiger charge is -2.30. The van der Waals surface area contributed by atoms with Crippen LogP contribution in [0.4, 0.5) is 17.2 Å². The summed E-state index contributed by atoms with van der Waals surface area (Å²) in [5, 5.41) is 18.9. The molecular weight excluding hydrogens is 316 g/mol. The third-order valence-corrected chi connectivity index (χ3v) is 4.53. The van der Waals surface area contributed by atoms with Crippen molar-refractivity contribution in [2.75, 3.05) is 17.3 Å². The number of ether oxygens (including phenoxy) is 1. The molecular formula is C19H20N4O2. The number of nitrogens with zero attached hydrogens (tertiary/aromatic N) is 3. The van der Waals surface area contributed by atoms with Crippen LogP contribution in [-0.2, 0) is 13.6 Å². The number of aromatic nitrogens is 2. The van der Waals surface area contributed by atoms with E-state index in [2.05, 4.69) is 10.4 Å². The van der Waals surface area contributed by atoms with Gasteiger partial charge < -0.3 is 20.1 Å². The smallest absolute Gasteiger partial charge is 0.157 e. The van der Waals surface area contributed by atoms with Gasteiger partial charge in [-0.2, -0.15) is 5.10 Å². The summed E-state index contributed by atoms with van der Waals surface area (Å²) >= 11 is 0. The molecule has 4 rings (SSSR count). The summed E-state index contributed by atoms with van der Waals surface area (Å²) < 4.78 is 7.24. The zero-order valence-corrected chi connectivity index (χ0v) is 14.2. The molecule has 2 N–H and O–H groups in total. The normalized spacial score (nSPS) is 14.1. The molecule has 6 nitrogen and oxygen atoms in total. The van der Waals surface area contributed by atoms with Gasteiger partial charge in [0.25, 0.3) is 0 Å². The lowest BCUT2D eigenvalue weighted by molar-refractivity contribution is 0.166. The Hall–Kier alpha value is -2.99. The number of aliphatic hydroxyl groups is 1. The minimum Gasteiger partial charge on any atom is -0.496 e. The number of nitrogens with one attached hydrogen (secondary N) is 1. The Morgan fingerprint density at radius 2 is 1.92 bits per heavy atom. The fourth-order valence-corrected chi connectivity index (χ4v) is 3.25. The van der Waals surface area contributed by atoms with Gasteiger partial charge in [0, 0.05) is 18.2 Å². The number of para-hydroxylation sites is 3. The van der Waals surface area contributed by atoms with Crippen LogP contribution < -0.4 is 15.0 Å². The minimum atomic E-state index is -0.842. The van der Waals surface area contributed by atoms with Crippen LogP contribution in [-0.4, -0.2) is 22.0 Å². The molecule has 0 bridgehead atoms. The highest BCUT2D eigenvalue weighted by atomic mass is 16.5. The van der Waals surface area contributed by atoms with Crippen LogP contribution in [0.15, 0.2) is 54.7 Å². The van der Waals surface area contributed by atoms with Gasteiger partial charge in [-0.25, -0.2) is 0 Å². The van der Waals surface area contributed by atoms with Crippen LogP contribution in [0.2, 0.25) is 0 Å². The molecule has 0 saturated carbocycles. The van der Waals surface area contributed by atoms with Gasteiger partial charge in [0.1, 0.15) is 11.6 Å². The predicted molar refractivity (Wildman–Crippen MR) is 97.1 cm³/mol. The molecule has 2 aromatic carbocycles. The van der Waals surface area contributed by atoms with E-state index in [1.807, 2.05) is 71.4 Å². The van der Waals surface area contributed by atoms with E-state index in [9.17, 15) is 5.11 Å². The summed E-state index contributed by atoms with van der Waals surface area (Å²) in [5.74, 6) is 1.60. The molecule has 128 valence electrons. The van der Waals surface area contributed by atoms with Crippen molar-refractivity contribution in [2.45, 2.75) is 12.8 Å². The van der Waals surface area contributed by atoms with Crippen molar-refractivity contribution in [1.29, 1.82) is 0 Å². The monoisotopic (exact) mass is 336 g/mol. The molecule has 0 radical (unpaired) electrons. The van der Waals surface area contributed by atoms with Crippen molar-refractivity contribution in [3.63, 3.8) is 0 Å². The number of fused-ring (bicyclic) bond motifs is 2. The quantitative estimate of drug-likeness (QED) is 0.769. The van der Waals surface area contributed by atoms with Crippen LogP contribution in [0.25, 0.3) is 0 Å². The maximum atomic E-state index is 11.2. The Balaban J connectivity index is 1.83. The van der Waals surface area contributed by atoms with Crippen molar-refractivity contribution in [3.8, 4) is 5.75 Å². The average Bonchev–Trinajstić information content (AvgIpc) is 2.90. The topological polar surface area (TPSA) is 62.6 Å². The summed E-state index contributed by atoms with van der Waals surface area (Å²) in [4.78, 5) is 1.95. The van der Waals surface area contributed by atoms with E-state index >= 15 is 0 Å². The van der Waals surface area contributed by atoms with Crippen LogP contribution in [0, 0.1) is 0 Å². The number of aliphatic hydroxyl groups excluding tert-OH is 1. The molecule has 3 aromatic rings. The molecule has 0 fully saturated rings. The Morgan fingerprint density at radius 3 is 2.76 bits per heavy atom. The Bertz CT molecular complexity index is 906. The Morgan fingerprint density at radius 1 is 1.16 bits per heavy atom. The van der Waals surface area contributed by atoms with E-state index in [1.54, 1.807) is 7.11 Å². The number of aryl methyl sites for hydroxylation is 1. The van der Waals surface area contributed by atoms with E-state index in [-0.39, 0.29) is 0 Å². The van der Waals surface area contributed by atoms with Crippen molar-refractivity contribution in [3.05, 3.63) is 65.9 Å². The van der Waals surface area contributed by atoms with E-state index in [4.69, 9.17) is 4.74 Å². The highest BCUT2D eigenvalue weighted by Crippen LogP contribution is 2.40. The summed E-state index contributed by atoms with van der Waals surface area (Å²) in [6.45, 7) is 0.534. The van der Waals surface area contributed by atoms with Gasteiger partial charge in [-0.05, 0) is 18.2 Å². The molecule has 6 heteroatoms. The third kappa shape index (κ3) is 2.60. The predicted octanol–water partition coefficient (Wildman–Crippen LogP) is 3.18. The minimum absolute atomic E-state index is 0.534. The molecule has 1 aromatic heterocycles. The second-order valence-electron chi connectivity index (χ2n) is 6.03. The van der Waals surface area contributed by atoms with Gasteiger partial charge in [-0.3, -0.25) is 4.68 Å². The van der Waals surface area contributed by atoms with Crippen LogP contribution in [0.1, 0.15) is 17.4 Å². The summed E-state index contributed by atoms with van der Waals surface area (Å²) in [5.41, 5.74) is 3.61. The van der Waals surface area contributed by atoms with Crippen LogP contribution in [0.3, 0.4) is 0 Å². The molecule has 0 aliphatic carbocycles. The van der Waals surface area contributed by atoms with Crippen molar-refractivity contribution >= 4 is 17.2 Å². The molecule has 1 unspecified atom stereocenters. The van der Waals surface area contributed by atoms with Gasteiger partial charge >= 0.3 is 0 Å². The van der Waals surface area contributed by atoms with Crippen molar-refractivity contribution in [1.82, 2.24) is 9.78 Å². The summed E-state index contributed by atoms with van der Waals surface area (Å²) in [7, 11) is 3.52. The molecule has 0 saturated heterocycles. The highest BCUT2D eigenvalue weighted by Gasteiger charge is 2.28. The molecule has 25 heavy (non-hydrogen) atoms. The lowest BCUT2D eigenvalue weighted by atomic mass is 10.1. The second-order valence-corrected chi connectivity index (χ2v) is 6.03. The first kappa shape index (κ1) is 15.5. The number of rotatable bonds is 3. The van der Waals surface area contributed by atoms with Gasteiger partial charge in [0.15, 0.2) is 6.23 Å². The van der Waals surface area contributed by atoms with Crippen LogP contribution >= 0.6 is 0 Å². The third-order valence-electron chi connectivity index (χ3n) is 4.53. The molecule has 2 heterocycles. The lowest BCUT2D eigenvalue weighted by Crippen LogP contribution is -2.28. The largest absolute Gasteiger partial charge is 0.496 e. The Kier molecular flexibility index (Phi) is 3.82. The number of benzene rings is 2. The van der Waals surface area contributed by atoms with Gasteiger partial charge in [-0.15, -0.1) is 0 Å². The fourth-order valence-electron chi connectivity index (χ4n) is 3.25. The van der Waals surface area contributed by atoms with E-state index in [1.165, 1.54) is 0 Å². The summed E-state index contributed by atoms with van der Waals surface area (Å²) in [6.07, 6.45) is 0.987. The van der Waals surface area contributed by atoms with E-state index in [0.29, 0.717) is 12.3 Å². The number of methoxy groups -OCH3 is 1. The zero-order chi connectivity index (χ0) is 17.4. The van der Waals surface area contributed by atoms with Gasteiger partial charge in [0.2, 0.25) is 0 Å². The standard InChI is InChI=1S/C19H20N4O2/c1-22-18-13(11-20-22)12-23(16-9-5-4-8-15(16)21-18)19(24)14-7-3-6-10-17(14)25-2/h3-11,19,21,24H,12H2,1-2H3. The van der Waals surface area contributed by atoms with Gasteiger partial charge in [0.05, 0.1) is 31.2 Å². The molecule has 1 aliphatic heterocycles. The van der Waals surface area contributed by atoms with Crippen LogP contribution in [0.5, 0.6) is 5.75 Å². The molecule has 1 aliphatic rings. The maximum absolute atomic E-state index is 11.2. The number of hydrogen-bond acceptors (Lipinski definition) is 5. The SMILES string of the molecule is COc1ccccc1C(O)N1Cc2cnn(C)c2Nc2ccccc21. The first-order chi connectivity index (χ1) is 12.2. The Labute approximate surface area is 146 Å². The maximum Gasteiger partial charge on any atom is 0.157 e. The number of hydrogen-bond donors (Lipinski definition) is 2. The van der Waals surface area contributed by atoms with Crippen molar-refractivity contribution < 1.29 is 9.84 Å². The first-order valence-electron chi connectivity index (χ1n) is 8.13. The first-order valence-corrected chi connectivity index (χ1v) is 8.13. The zero-order valence-electron chi connectivity index (χ0n) is 14.2. The molecule has 1 atom stereocenters. The van der Waals surface area contributed by atoms with E-state index in [0.717, 1.165) is 28.3 Å². The van der Waals surface area contributed by atoms with Crippen molar-refractivity contribution in [2.24, 2.45) is 7.05 Å². The second kappa shape index (κ2) is 6.14. The average molecular weight is 336 g/mol. The summed E-state index contributed by atoms with van der Waals surface area (Å²) in [6, 6.07) is 15.5. The molecule has 0 spiro atoms. The fraction of sp³-hybridized carbons (Fsp3) is 0.211. The van der Waals surface area contributed by atoms with E-state index < -0.39 is 6.23 Å². The molecule has 0 amide bonds.